The summed E-state index contributed by atoms with van der Waals surface area (Å²) < 4.78 is 1.66. The minimum absolute atomic E-state index is 0.281. The number of carbonyl (C=O) groups excluding carboxylic acids is 2. The third-order valence-corrected chi connectivity index (χ3v) is 5.94. The Labute approximate surface area is 149 Å². The van der Waals surface area contributed by atoms with Crippen LogP contribution in [0.5, 0.6) is 0 Å². The lowest BCUT2D eigenvalue weighted by Crippen LogP contribution is -2.11. The number of aromatic amines is 1. The summed E-state index contributed by atoms with van der Waals surface area (Å²) in [5.74, 6) is -0.791. The minimum Gasteiger partial charge on any atom is -0.365 e. The SMILES string of the molecule is Cc1cc(C(N)=O)sc1NC(=O)c1cnn2cc(-c3cn[nH]c3)sc12. The summed E-state index contributed by atoms with van der Waals surface area (Å²) in [7, 11) is 0. The first-order valence-electron chi connectivity index (χ1n) is 7.21. The number of nitrogens with one attached hydrogen (secondary N) is 2. The number of H-pyrrole nitrogens is 1. The van der Waals surface area contributed by atoms with E-state index >= 15 is 0 Å². The molecule has 10 heteroatoms. The standard InChI is InChI=1S/C15H12N6O2S2/c1-7-2-10(12(16)22)24-14(7)20-13(23)9-5-19-21-6-11(25-15(9)21)8-3-17-18-4-8/h2-6H,1H3,(H2,16,22)(H,17,18)(H,20,23). The molecule has 4 aromatic rings. The van der Waals surface area contributed by atoms with Gasteiger partial charge in [0.05, 0.1) is 32.7 Å². The fraction of sp³-hybridized carbons (Fsp3) is 0.0667. The number of carbonyl (C=O) groups is 2. The molecule has 8 nitrogen and oxygen atoms in total. The molecule has 0 aliphatic carbocycles. The fourth-order valence-corrected chi connectivity index (χ4v) is 4.32. The average Bonchev–Trinajstić information content (AvgIpc) is 3.29. The van der Waals surface area contributed by atoms with Gasteiger partial charge in [-0.25, -0.2) is 4.52 Å². The summed E-state index contributed by atoms with van der Waals surface area (Å²) in [5.41, 5.74) is 7.48. The summed E-state index contributed by atoms with van der Waals surface area (Å²) in [5, 5.41) is 14.4. The molecule has 0 unspecified atom stereocenters. The molecule has 0 aliphatic rings. The first-order chi connectivity index (χ1) is 12.0. The maximum Gasteiger partial charge on any atom is 0.260 e. The Morgan fingerprint density at radius 2 is 2.16 bits per heavy atom. The monoisotopic (exact) mass is 372 g/mol. The van der Waals surface area contributed by atoms with E-state index in [-0.39, 0.29) is 5.91 Å². The number of amides is 2. The van der Waals surface area contributed by atoms with E-state index in [0.29, 0.717) is 15.4 Å². The zero-order valence-corrected chi connectivity index (χ0v) is 14.6. The number of nitrogens with two attached hydrogens (primary N) is 1. The molecule has 0 aliphatic heterocycles. The summed E-state index contributed by atoms with van der Waals surface area (Å²) >= 11 is 2.61. The van der Waals surface area contributed by atoms with Crippen molar-refractivity contribution in [3.8, 4) is 10.4 Å². The van der Waals surface area contributed by atoms with Crippen LogP contribution < -0.4 is 11.1 Å². The van der Waals surface area contributed by atoms with Gasteiger partial charge in [-0.05, 0) is 18.6 Å². The smallest absolute Gasteiger partial charge is 0.260 e. The minimum atomic E-state index is -0.510. The van der Waals surface area contributed by atoms with Crippen LogP contribution in [0.4, 0.5) is 5.00 Å². The maximum absolute atomic E-state index is 12.6. The van der Waals surface area contributed by atoms with Crippen LogP contribution in [0.15, 0.2) is 30.9 Å². The van der Waals surface area contributed by atoms with Crippen molar-refractivity contribution in [1.82, 2.24) is 19.8 Å². The Hall–Kier alpha value is -2.98. The lowest BCUT2D eigenvalue weighted by Gasteiger charge is -2.01. The molecule has 0 bridgehead atoms. The molecule has 126 valence electrons. The zero-order chi connectivity index (χ0) is 17.6. The second-order valence-corrected chi connectivity index (χ2v) is 7.41. The van der Waals surface area contributed by atoms with Crippen molar-refractivity contribution in [2.24, 2.45) is 5.73 Å². The summed E-state index contributed by atoms with van der Waals surface area (Å²) in [6.45, 7) is 1.81. The number of aromatic nitrogens is 4. The quantitative estimate of drug-likeness (QED) is 0.510. The topological polar surface area (TPSA) is 118 Å². The van der Waals surface area contributed by atoms with Crippen LogP contribution in [0.1, 0.15) is 25.6 Å². The molecule has 0 fully saturated rings. The van der Waals surface area contributed by atoms with E-state index in [9.17, 15) is 9.59 Å². The Morgan fingerprint density at radius 3 is 2.84 bits per heavy atom. The van der Waals surface area contributed by atoms with Crippen molar-refractivity contribution in [2.45, 2.75) is 6.92 Å². The predicted octanol–water partition coefficient (Wildman–Crippen LogP) is 2.51. The maximum atomic E-state index is 12.6. The van der Waals surface area contributed by atoms with Crippen molar-refractivity contribution in [1.29, 1.82) is 0 Å². The molecule has 4 heterocycles. The van der Waals surface area contributed by atoms with Gasteiger partial charge in [-0.15, -0.1) is 22.7 Å². The number of anilines is 1. The van der Waals surface area contributed by atoms with E-state index in [1.165, 1.54) is 17.5 Å². The second kappa shape index (κ2) is 5.83. The lowest BCUT2D eigenvalue weighted by molar-refractivity contribution is 0.100. The Balaban J connectivity index is 1.65. The first kappa shape index (κ1) is 15.5. The third kappa shape index (κ3) is 2.71. The van der Waals surface area contributed by atoms with Crippen molar-refractivity contribution in [3.63, 3.8) is 0 Å². The van der Waals surface area contributed by atoms with Crippen molar-refractivity contribution < 1.29 is 9.59 Å². The van der Waals surface area contributed by atoms with Gasteiger partial charge in [0, 0.05) is 18.0 Å². The first-order valence-corrected chi connectivity index (χ1v) is 8.84. The van der Waals surface area contributed by atoms with E-state index in [1.54, 1.807) is 23.0 Å². The molecular formula is C15H12N6O2S2. The number of fused-ring (bicyclic) bond motifs is 1. The summed E-state index contributed by atoms with van der Waals surface area (Å²) in [6, 6.07) is 1.67. The fourth-order valence-electron chi connectivity index (χ4n) is 2.36. The molecule has 2 amide bonds. The molecule has 0 atom stereocenters. The number of hydrogen-bond acceptors (Lipinski definition) is 6. The highest BCUT2D eigenvalue weighted by molar-refractivity contribution is 7.21. The van der Waals surface area contributed by atoms with Crippen LogP contribution in [0.2, 0.25) is 0 Å². The number of primary amides is 1. The largest absolute Gasteiger partial charge is 0.365 e. The zero-order valence-electron chi connectivity index (χ0n) is 12.9. The van der Waals surface area contributed by atoms with E-state index in [4.69, 9.17) is 5.73 Å². The lowest BCUT2D eigenvalue weighted by atomic mass is 10.3. The Bertz CT molecular complexity index is 1090. The van der Waals surface area contributed by atoms with E-state index in [2.05, 4.69) is 20.6 Å². The molecule has 0 spiro atoms. The number of thiophene rings is 1. The molecule has 0 radical (unpaired) electrons. The molecule has 4 aromatic heterocycles. The van der Waals surface area contributed by atoms with Gasteiger partial charge >= 0.3 is 0 Å². The van der Waals surface area contributed by atoms with Crippen molar-refractivity contribution in [3.05, 3.63) is 46.9 Å². The summed E-state index contributed by atoms with van der Waals surface area (Å²) in [4.78, 5) is 26.0. The van der Waals surface area contributed by atoms with Crippen LogP contribution in [-0.4, -0.2) is 31.6 Å². The van der Waals surface area contributed by atoms with E-state index < -0.39 is 5.91 Å². The Kier molecular flexibility index (Phi) is 3.62. The molecule has 25 heavy (non-hydrogen) atoms. The predicted molar refractivity (Wildman–Crippen MR) is 96.2 cm³/mol. The molecule has 0 saturated carbocycles. The van der Waals surface area contributed by atoms with Gasteiger partial charge in [0.1, 0.15) is 4.83 Å². The second-order valence-electron chi connectivity index (χ2n) is 5.33. The molecule has 0 saturated heterocycles. The van der Waals surface area contributed by atoms with Gasteiger partial charge in [-0.1, -0.05) is 0 Å². The molecule has 4 rings (SSSR count). The van der Waals surface area contributed by atoms with Crippen LogP contribution in [0.25, 0.3) is 15.3 Å². The van der Waals surface area contributed by atoms with Gasteiger partial charge in [0.2, 0.25) is 0 Å². The van der Waals surface area contributed by atoms with Gasteiger partial charge in [0.15, 0.2) is 0 Å². The average molecular weight is 372 g/mol. The van der Waals surface area contributed by atoms with Crippen molar-refractivity contribution in [2.75, 3.05) is 5.32 Å². The van der Waals surface area contributed by atoms with Gasteiger partial charge in [0.25, 0.3) is 11.8 Å². The third-order valence-electron chi connectivity index (χ3n) is 3.61. The summed E-state index contributed by atoms with van der Waals surface area (Å²) in [6.07, 6.45) is 6.87. The van der Waals surface area contributed by atoms with Crippen LogP contribution in [0.3, 0.4) is 0 Å². The number of hydrogen-bond donors (Lipinski definition) is 3. The van der Waals surface area contributed by atoms with Gasteiger partial charge < -0.3 is 11.1 Å². The number of aryl methyl sites for hydroxylation is 1. The van der Waals surface area contributed by atoms with E-state index in [0.717, 1.165) is 32.2 Å². The van der Waals surface area contributed by atoms with Crippen LogP contribution in [-0.2, 0) is 0 Å². The van der Waals surface area contributed by atoms with Crippen LogP contribution in [0, 0.1) is 6.92 Å². The molecule has 0 aromatic carbocycles. The normalized spacial score (nSPS) is 11.1. The van der Waals surface area contributed by atoms with Gasteiger partial charge in [-0.2, -0.15) is 10.2 Å². The highest BCUT2D eigenvalue weighted by Crippen LogP contribution is 2.31. The number of thiazole rings is 1. The van der Waals surface area contributed by atoms with E-state index in [1.807, 2.05) is 13.1 Å². The van der Waals surface area contributed by atoms with Crippen LogP contribution >= 0.6 is 22.7 Å². The van der Waals surface area contributed by atoms with Crippen molar-refractivity contribution >= 4 is 44.3 Å². The number of rotatable bonds is 4. The Morgan fingerprint density at radius 1 is 1.32 bits per heavy atom. The highest BCUT2D eigenvalue weighted by Gasteiger charge is 2.19. The molecule has 4 N–H and O–H groups in total. The number of nitrogens with zero attached hydrogens (tertiary/aromatic N) is 3. The van der Waals surface area contributed by atoms with Gasteiger partial charge in [-0.3, -0.25) is 14.7 Å². The molecular weight excluding hydrogens is 360 g/mol. The highest BCUT2D eigenvalue weighted by atomic mass is 32.1.